The Balaban J connectivity index is 2.27. The molecule has 0 aliphatic heterocycles. The third-order valence-corrected chi connectivity index (χ3v) is 5.24. The maximum Gasteiger partial charge on any atom is 0.252 e. The normalized spacial score (nSPS) is 12.1. The first kappa shape index (κ1) is 20.0. The highest BCUT2D eigenvalue weighted by molar-refractivity contribution is 14.1. The van der Waals surface area contributed by atoms with Crippen molar-refractivity contribution in [3.05, 3.63) is 68.3 Å². The molecule has 0 unspecified atom stereocenters. The van der Waals surface area contributed by atoms with Gasteiger partial charge in [-0.15, -0.1) is 0 Å². The van der Waals surface area contributed by atoms with Crippen LogP contribution in [0.5, 0.6) is 0 Å². The van der Waals surface area contributed by atoms with Gasteiger partial charge in [0.1, 0.15) is 0 Å². The molecule has 3 heteroatoms. The van der Waals surface area contributed by atoms with E-state index < -0.39 is 0 Å². The van der Waals surface area contributed by atoms with E-state index in [9.17, 15) is 4.79 Å². The van der Waals surface area contributed by atoms with E-state index >= 15 is 0 Å². The summed E-state index contributed by atoms with van der Waals surface area (Å²) in [6, 6.07) is 14.4. The Hall–Kier alpha value is -1.36. The summed E-state index contributed by atoms with van der Waals surface area (Å²) in [6.07, 6.45) is 0. The summed E-state index contributed by atoms with van der Waals surface area (Å²) >= 11 is 2.20. The summed E-state index contributed by atoms with van der Waals surface area (Å²) in [5.74, 6) is -0.0246. The van der Waals surface area contributed by atoms with E-state index in [4.69, 9.17) is 0 Å². The molecule has 134 valence electrons. The van der Waals surface area contributed by atoms with Gasteiger partial charge in [-0.1, -0.05) is 71.9 Å². The second-order valence-electron chi connectivity index (χ2n) is 8.58. The molecule has 2 aromatic rings. The van der Waals surface area contributed by atoms with Crippen LogP contribution in [0.1, 0.15) is 68.6 Å². The second kappa shape index (κ2) is 7.48. The fraction of sp³-hybridized carbons (Fsp3) is 0.409. The van der Waals surface area contributed by atoms with E-state index in [2.05, 4.69) is 87.6 Å². The van der Waals surface area contributed by atoms with Crippen molar-refractivity contribution in [2.24, 2.45) is 0 Å². The average Bonchev–Trinajstić information content (AvgIpc) is 2.51. The van der Waals surface area contributed by atoms with E-state index in [1.54, 1.807) is 0 Å². The number of hydrogen-bond acceptors (Lipinski definition) is 1. The first-order valence-corrected chi connectivity index (χ1v) is 9.74. The van der Waals surface area contributed by atoms with Crippen molar-refractivity contribution < 1.29 is 4.79 Å². The molecule has 0 spiro atoms. The Morgan fingerprint density at radius 3 is 1.92 bits per heavy atom. The van der Waals surface area contributed by atoms with Crippen molar-refractivity contribution in [3.8, 4) is 0 Å². The van der Waals surface area contributed by atoms with Gasteiger partial charge in [-0.3, -0.25) is 4.79 Å². The van der Waals surface area contributed by atoms with Crippen molar-refractivity contribution in [1.29, 1.82) is 0 Å². The minimum atomic E-state index is -0.0246. The van der Waals surface area contributed by atoms with Gasteiger partial charge >= 0.3 is 0 Å². The van der Waals surface area contributed by atoms with E-state index in [0.29, 0.717) is 6.54 Å². The highest BCUT2D eigenvalue weighted by Crippen LogP contribution is 2.30. The summed E-state index contributed by atoms with van der Waals surface area (Å²) in [5.41, 5.74) is 4.64. The lowest BCUT2D eigenvalue weighted by atomic mass is 9.79. The van der Waals surface area contributed by atoms with Gasteiger partial charge in [-0.2, -0.15) is 0 Å². The van der Waals surface area contributed by atoms with Gasteiger partial charge in [0.05, 0.1) is 5.56 Å². The van der Waals surface area contributed by atoms with Crippen LogP contribution in [0.15, 0.2) is 42.5 Å². The number of amides is 1. The molecule has 0 heterocycles. The van der Waals surface area contributed by atoms with Crippen LogP contribution in [0.25, 0.3) is 0 Å². The molecule has 0 radical (unpaired) electrons. The molecule has 1 amide bonds. The Morgan fingerprint density at radius 1 is 0.920 bits per heavy atom. The molecule has 0 saturated carbocycles. The fourth-order valence-corrected chi connectivity index (χ4v) is 3.22. The minimum absolute atomic E-state index is 0.0246. The van der Waals surface area contributed by atoms with Crippen molar-refractivity contribution in [3.63, 3.8) is 0 Å². The van der Waals surface area contributed by atoms with E-state index in [-0.39, 0.29) is 16.7 Å². The zero-order valence-electron chi connectivity index (χ0n) is 16.0. The summed E-state index contributed by atoms with van der Waals surface area (Å²) in [7, 11) is 0. The molecular formula is C22H28INO. The minimum Gasteiger partial charge on any atom is -0.348 e. The van der Waals surface area contributed by atoms with Crippen LogP contribution in [0.2, 0.25) is 0 Å². The van der Waals surface area contributed by atoms with Gasteiger partial charge in [0.25, 0.3) is 5.91 Å². The maximum atomic E-state index is 12.5. The van der Waals surface area contributed by atoms with E-state index in [0.717, 1.165) is 14.7 Å². The Bertz CT molecular complexity index is 734. The van der Waals surface area contributed by atoms with Crippen LogP contribution in [0, 0.1) is 3.57 Å². The molecule has 1 N–H and O–H groups in total. The largest absolute Gasteiger partial charge is 0.348 e. The molecule has 0 atom stereocenters. The first-order valence-electron chi connectivity index (χ1n) is 8.66. The van der Waals surface area contributed by atoms with Crippen LogP contribution < -0.4 is 5.32 Å². The lowest BCUT2D eigenvalue weighted by Crippen LogP contribution is -2.24. The van der Waals surface area contributed by atoms with E-state index in [1.807, 2.05) is 24.3 Å². The number of carbonyl (C=O) groups is 1. The lowest BCUT2D eigenvalue weighted by Gasteiger charge is -2.26. The summed E-state index contributed by atoms with van der Waals surface area (Å²) in [5, 5.41) is 3.07. The predicted molar refractivity (Wildman–Crippen MR) is 114 cm³/mol. The van der Waals surface area contributed by atoms with E-state index in [1.165, 1.54) is 11.1 Å². The first-order chi connectivity index (χ1) is 11.5. The van der Waals surface area contributed by atoms with Crippen LogP contribution in [-0.4, -0.2) is 5.91 Å². The Morgan fingerprint density at radius 2 is 1.44 bits per heavy atom. The van der Waals surface area contributed by atoms with Gasteiger partial charge in [-0.25, -0.2) is 0 Å². The van der Waals surface area contributed by atoms with Gasteiger partial charge in [0.2, 0.25) is 0 Å². The van der Waals surface area contributed by atoms with Crippen molar-refractivity contribution in [1.82, 2.24) is 5.32 Å². The highest BCUT2D eigenvalue weighted by Gasteiger charge is 2.20. The molecule has 0 bridgehead atoms. The topological polar surface area (TPSA) is 29.1 Å². The zero-order chi connectivity index (χ0) is 18.8. The summed E-state index contributed by atoms with van der Waals surface area (Å²) in [4.78, 5) is 12.5. The number of benzene rings is 2. The molecule has 0 saturated heterocycles. The number of halogens is 1. The molecule has 0 aliphatic carbocycles. The Kier molecular flexibility index (Phi) is 5.97. The third-order valence-electron chi connectivity index (χ3n) is 4.30. The highest BCUT2D eigenvalue weighted by atomic mass is 127. The molecule has 2 nitrogen and oxygen atoms in total. The third kappa shape index (κ3) is 5.30. The second-order valence-corrected chi connectivity index (χ2v) is 9.74. The van der Waals surface area contributed by atoms with Crippen LogP contribution in [0.4, 0.5) is 0 Å². The van der Waals surface area contributed by atoms with Gasteiger partial charge < -0.3 is 5.32 Å². The quantitative estimate of drug-likeness (QED) is 0.589. The standard InChI is InChI=1S/C22H28INO/c1-21(2,3)16-11-15(12-17(13-16)22(4,5)6)14-24-20(25)18-9-7-8-10-19(18)23/h7-13H,14H2,1-6H3,(H,24,25). The number of rotatable bonds is 3. The van der Waals surface area contributed by atoms with Crippen molar-refractivity contribution in [2.75, 3.05) is 0 Å². The monoisotopic (exact) mass is 449 g/mol. The number of hydrogen-bond donors (Lipinski definition) is 1. The number of carbonyl (C=O) groups excluding carboxylic acids is 1. The average molecular weight is 449 g/mol. The van der Waals surface area contributed by atoms with Crippen LogP contribution in [0.3, 0.4) is 0 Å². The van der Waals surface area contributed by atoms with Crippen LogP contribution in [-0.2, 0) is 17.4 Å². The van der Waals surface area contributed by atoms with Crippen molar-refractivity contribution >= 4 is 28.5 Å². The van der Waals surface area contributed by atoms with Crippen molar-refractivity contribution in [2.45, 2.75) is 58.9 Å². The fourth-order valence-electron chi connectivity index (χ4n) is 2.58. The summed E-state index contributed by atoms with van der Waals surface area (Å²) in [6.45, 7) is 13.9. The molecule has 0 aliphatic rings. The van der Waals surface area contributed by atoms with Crippen LogP contribution >= 0.6 is 22.6 Å². The molecule has 25 heavy (non-hydrogen) atoms. The maximum absolute atomic E-state index is 12.5. The lowest BCUT2D eigenvalue weighted by molar-refractivity contribution is 0.0950. The Labute approximate surface area is 165 Å². The molecule has 2 aromatic carbocycles. The molecule has 0 aromatic heterocycles. The zero-order valence-corrected chi connectivity index (χ0v) is 18.2. The smallest absolute Gasteiger partial charge is 0.252 e. The molecule has 0 fully saturated rings. The summed E-state index contributed by atoms with van der Waals surface area (Å²) < 4.78 is 0.969. The molecular weight excluding hydrogens is 421 g/mol. The SMILES string of the molecule is CC(C)(C)c1cc(CNC(=O)c2ccccc2I)cc(C(C)(C)C)c1. The van der Waals surface area contributed by atoms with Gasteiger partial charge in [0.15, 0.2) is 0 Å². The predicted octanol–water partition coefficient (Wildman–Crippen LogP) is 5.82. The van der Waals surface area contributed by atoms with Gasteiger partial charge in [-0.05, 0) is 62.2 Å². The number of nitrogens with one attached hydrogen (secondary N) is 1. The van der Waals surface area contributed by atoms with Gasteiger partial charge in [0, 0.05) is 10.1 Å². The molecule has 2 rings (SSSR count).